The van der Waals surface area contributed by atoms with E-state index in [0.29, 0.717) is 41.2 Å². The summed E-state index contributed by atoms with van der Waals surface area (Å²) < 4.78 is 28.4. The molecule has 0 N–H and O–H groups in total. The summed E-state index contributed by atoms with van der Waals surface area (Å²) >= 11 is 0. The third-order valence-electron chi connectivity index (χ3n) is 8.54. The van der Waals surface area contributed by atoms with Crippen molar-refractivity contribution in [2.75, 3.05) is 33.0 Å². The van der Waals surface area contributed by atoms with Crippen molar-refractivity contribution in [1.82, 2.24) is 0 Å². The van der Waals surface area contributed by atoms with Gasteiger partial charge in [0.15, 0.2) is 0 Å². The van der Waals surface area contributed by atoms with Gasteiger partial charge in [0, 0.05) is 12.0 Å². The first-order valence-corrected chi connectivity index (χ1v) is 15.2. The maximum absolute atomic E-state index is 12.8. The third kappa shape index (κ3) is 8.79. The number of unbranched alkanes of at least 4 members (excludes halogenated alkanes) is 1. The van der Waals surface area contributed by atoms with E-state index >= 15 is 0 Å². The van der Waals surface area contributed by atoms with Crippen molar-refractivity contribution in [3.63, 3.8) is 0 Å². The van der Waals surface area contributed by atoms with Crippen molar-refractivity contribution < 1.29 is 33.3 Å². The Morgan fingerprint density at radius 2 is 1.54 bits per heavy atom. The van der Waals surface area contributed by atoms with E-state index < -0.39 is 5.97 Å². The number of benzene rings is 2. The highest BCUT2D eigenvalue weighted by molar-refractivity contribution is 5.94. The van der Waals surface area contributed by atoms with E-state index in [9.17, 15) is 9.59 Å². The van der Waals surface area contributed by atoms with E-state index in [4.69, 9.17) is 23.7 Å². The van der Waals surface area contributed by atoms with Crippen molar-refractivity contribution >= 4 is 11.9 Å². The fourth-order valence-corrected chi connectivity index (χ4v) is 5.53. The largest absolute Gasteiger partial charge is 0.494 e. The van der Waals surface area contributed by atoms with Crippen LogP contribution in [-0.2, 0) is 14.2 Å². The molecule has 2 aromatic carbocycles. The van der Waals surface area contributed by atoms with Gasteiger partial charge in [-0.15, -0.1) is 0 Å². The molecule has 4 rings (SSSR count). The van der Waals surface area contributed by atoms with Gasteiger partial charge in [0.2, 0.25) is 0 Å². The summed E-state index contributed by atoms with van der Waals surface area (Å²) in [6.45, 7) is 12.5. The predicted molar refractivity (Wildman–Crippen MR) is 157 cm³/mol. The fraction of sp³-hybridized carbons (Fsp3) is 0.588. The Balaban J connectivity index is 1.17. The molecule has 1 aliphatic carbocycles. The first-order chi connectivity index (χ1) is 19.8. The van der Waals surface area contributed by atoms with Gasteiger partial charge in [-0.25, -0.2) is 9.59 Å². The Hall–Kier alpha value is -2.90. The fourth-order valence-electron chi connectivity index (χ4n) is 5.53. The van der Waals surface area contributed by atoms with Crippen LogP contribution in [0.5, 0.6) is 11.5 Å². The summed E-state index contributed by atoms with van der Waals surface area (Å²) in [6, 6.07) is 13.5. The molecular weight excluding hydrogens is 520 g/mol. The lowest BCUT2D eigenvalue weighted by molar-refractivity contribution is -0.150. The summed E-state index contributed by atoms with van der Waals surface area (Å²) in [6.07, 6.45) is 6.01. The number of carbonyl (C=O) groups excluding carboxylic acids is 2. The van der Waals surface area contributed by atoms with Gasteiger partial charge in [0.25, 0.3) is 0 Å². The zero-order chi connectivity index (χ0) is 29.2. The highest BCUT2D eigenvalue weighted by atomic mass is 16.5. The second-order valence-electron chi connectivity index (χ2n) is 12.2. The molecule has 3 atom stereocenters. The summed E-state index contributed by atoms with van der Waals surface area (Å²) in [7, 11) is 0. The van der Waals surface area contributed by atoms with Gasteiger partial charge in [-0.1, -0.05) is 34.1 Å². The van der Waals surface area contributed by atoms with Crippen LogP contribution in [0.3, 0.4) is 0 Å². The van der Waals surface area contributed by atoms with Crippen molar-refractivity contribution in [3.05, 3.63) is 59.7 Å². The lowest BCUT2D eigenvalue weighted by atomic mass is 9.75. The quantitative estimate of drug-likeness (QED) is 0.137. The molecule has 0 bridgehead atoms. The summed E-state index contributed by atoms with van der Waals surface area (Å²) in [5.41, 5.74) is 1.03. The van der Waals surface area contributed by atoms with E-state index in [-0.39, 0.29) is 17.5 Å². The molecule has 2 fully saturated rings. The highest BCUT2D eigenvalue weighted by Gasteiger charge is 2.37. The first-order valence-electron chi connectivity index (χ1n) is 15.2. The number of carbonyl (C=O) groups is 2. The monoisotopic (exact) mass is 566 g/mol. The van der Waals surface area contributed by atoms with Crippen molar-refractivity contribution in [2.45, 2.75) is 72.3 Å². The van der Waals surface area contributed by atoms with E-state index in [1.165, 1.54) is 6.42 Å². The second-order valence-corrected chi connectivity index (χ2v) is 12.2. The highest BCUT2D eigenvalue weighted by Crippen LogP contribution is 2.36. The topological polar surface area (TPSA) is 80.3 Å². The van der Waals surface area contributed by atoms with E-state index in [1.54, 1.807) is 48.5 Å². The molecule has 0 aromatic heterocycles. The Kier molecular flexibility index (Phi) is 11.2. The molecule has 0 amide bonds. The van der Waals surface area contributed by atoms with Gasteiger partial charge in [-0.3, -0.25) is 0 Å². The molecule has 224 valence electrons. The lowest BCUT2D eigenvalue weighted by Crippen LogP contribution is -2.45. The van der Waals surface area contributed by atoms with Crippen molar-refractivity contribution in [2.24, 2.45) is 23.2 Å². The zero-order valence-electron chi connectivity index (χ0n) is 25.1. The number of esters is 2. The number of hydrogen-bond donors (Lipinski definition) is 0. The predicted octanol–water partition coefficient (Wildman–Crippen LogP) is 7.13. The summed E-state index contributed by atoms with van der Waals surface area (Å²) in [5, 5.41) is 0. The Morgan fingerprint density at radius 3 is 2.15 bits per heavy atom. The smallest absolute Gasteiger partial charge is 0.343 e. The van der Waals surface area contributed by atoms with Crippen LogP contribution in [0.15, 0.2) is 48.5 Å². The van der Waals surface area contributed by atoms with Crippen LogP contribution in [-0.4, -0.2) is 51.1 Å². The maximum Gasteiger partial charge on any atom is 0.343 e. The molecule has 3 unspecified atom stereocenters. The molecule has 1 saturated carbocycles. The van der Waals surface area contributed by atoms with Crippen LogP contribution in [0.25, 0.3) is 0 Å². The summed E-state index contributed by atoms with van der Waals surface area (Å²) in [5.74, 6) is 1.72. The minimum atomic E-state index is -0.488. The molecule has 2 aliphatic rings. The standard InChI is InChI=1S/C34H46O7/c1-5-34(22-38-23-34)21-37-18-6-7-19-39-28-13-15-29(16-14-28)40-32(35)26-9-11-27(12-10-26)33(36)41-31-20-25(4)8-17-30(31)24(2)3/h9-16,24-25,30-31H,5-8,17-23H2,1-4H3. The number of hydrogen-bond acceptors (Lipinski definition) is 7. The van der Waals surface area contributed by atoms with Crippen LogP contribution >= 0.6 is 0 Å². The molecular formula is C34H46O7. The third-order valence-corrected chi connectivity index (χ3v) is 8.54. The van der Waals surface area contributed by atoms with Crippen LogP contribution in [0.2, 0.25) is 0 Å². The minimum absolute atomic E-state index is 0.0668. The van der Waals surface area contributed by atoms with Gasteiger partial charge >= 0.3 is 11.9 Å². The van der Waals surface area contributed by atoms with Gasteiger partial charge in [-0.2, -0.15) is 0 Å². The van der Waals surface area contributed by atoms with Crippen molar-refractivity contribution in [1.29, 1.82) is 0 Å². The van der Waals surface area contributed by atoms with Crippen molar-refractivity contribution in [3.8, 4) is 11.5 Å². The molecule has 2 aromatic rings. The van der Waals surface area contributed by atoms with Gasteiger partial charge in [-0.05, 0) is 98.4 Å². The average molecular weight is 567 g/mol. The van der Waals surface area contributed by atoms with Gasteiger partial charge in [0.1, 0.15) is 17.6 Å². The molecule has 0 spiro atoms. The second kappa shape index (κ2) is 14.8. The van der Waals surface area contributed by atoms with Crippen LogP contribution in [0.4, 0.5) is 0 Å². The molecule has 7 heteroatoms. The summed E-state index contributed by atoms with van der Waals surface area (Å²) in [4.78, 5) is 25.5. The molecule has 41 heavy (non-hydrogen) atoms. The van der Waals surface area contributed by atoms with Crippen LogP contribution < -0.4 is 9.47 Å². The molecule has 1 saturated heterocycles. The maximum atomic E-state index is 12.8. The van der Waals surface area contributed by atoms with E-state index in [2.05, 4.69) is 27.7 Å². The molecule has 0 radical (unpaired) electrons. The SMILES string of the molecule is CCC1(COCCCCOc2ccc(OC(=O)c3ccc(C(=O)OC4CC(C)CCC4C(C)C)cc3)cc2)COC1. The van der Waals surface area contributed by atoms with Crippen LogP contribution in [0.1, 0.15) is 86.9 Å². The molecule has 1 aliphatic heterocycles. The molecule has 1 heterocycles. The normalized spacial score (nSPS) is 21.6. The van der Waals surface area contributed by atoms with Crippen LogP contribution in [0, 0.1) is 23.2 Å². The Bertz CT molecular complexity index is 1100. The average Bonchev–Trinajstić information content (AvgIpc) is 2.94. The van der Waals surface area contributed by atoms with Gasteiger partial charge in [0.05, 0.1) is 37.6 Å². The molecule has 7 nitrogen and oxygen atoms in total. The minimum Gasteiger partial charge on any atom is -0.494 e. The van der Waals surface area contributed by atoms with Gasteiger partial charge < -0.3 is 23.7 Å². The number of rotatable bonds is 14. The Morgan fingerprint density at radius 1 is 0.902 bits per heavy atom. The lowest BCUT2D eigenvalue weighted by Gasteiger charge is -2.40. The first kappa shape index (κ1) is 31.0. The van der Waals surface area contributed by atoms with E-state index in [1.807, 2.05) is 0 Å². The van der Waals surface area contributed by atoms with E-state index in [0.717, 1.165) is 64.3 Å². The number of ether oxygens (including phenoxy) is 5. The Labute approximate surface area is 244 Å². The zero-order valence-corrected chi connectivity index (χ0v) is 25.1.